The summed E-state index contributed by atoms with van der Waals surface area (Å²) >= 11 is 3.46. The lowest BCUT2D eigenvalue weighted by molar-refractivity contribution is -0.143. The largest absolute Gasteiger partial charge is 0.480 e. The van der Waals surface area contributed by atoms with E-state index in [2.05, 4.69) is 109 Å². The lowest BCUT2D eigenvalue weighted by Gasteiger charge is -2.25. The standard InChI is InChI=1S/C29H39N5O3.C28H37N5O3.C20H34N4O3.C9H6BrN/c1-36-21-20-34(18-6-5-9-23-13-12-22-8-7-16-31-28(22)32-23)19-15-27(29(35)37-2)33-26-14-17-30-25-11-4-3-10-24(25)26;1-36-20-19-33(17-5-4-8-22-12-11-21-7-6-15-30-27(21)31-22)18-14-26(28(34)35)32-25-13-16-29-24-10-3-2-9-23(24)25;1-26-15-14-24(13-10-18(21)20(25)27-2)12-4-3-7-17-9-8-16-6-5-11-22-19(16)23-17;10-8-5-6-11-9-4-2-1-3-7(8)9/h3-4,10-14,17,27H,5-9,15-16,18-21H2,1-2H3,(H,30,33)(H,31,32);2-3,9-13,16,26H,4-8,14-15,17-20H2,1H3,(H,29,32)(H,30,31)(H,34,35);8-9,18H,3-7,10-15,21H2,1-2H3,(H,22,23);1-6H/t27-;26-;18-;/m000./s1. The summed E-state index contributed by atoms with van der Waals surface area (Å²) < 4.78 is 26.8. The zero-order chi connectivity index (χ0) is 78.2. The Morgan fingerprint density at radius 3 is 1.22 bits per heavy atom. The molecule has 3 atom stereocenters. The van der Waals surface area contributed by atoms with Crippen LogP contribution in [0.5, 0.6) is 0 Å². The van der Waals surface area contributed by atoms with E-state index in [4.69, 9.17) is 44.4 Å². The number of benzene rings is 3. The minimum Gasteiger partial charge on any atom is -0.480 e. The molecule has 0 saturated carbocycles. The van der Waals surface area contributed by atoms with Gasteiger partial charge in [0.05, 0.1) is 50.6 Å². The van der Waals surface area contributed by atoms with Crippen molar-refractivity contribution in [1.82, 2.24) is 44.6 Å². The number of unbranched alkanes of at least 4 members (excludes halogenated alkanes) is 3. The summed E-state index contributed by atoms with van der Waals surface area (Å²) in [5.41, 5.74) is 17.7. The van der Waals surface area contributed by atoms with Crippen LogP contribution >= 0.6 is 15.9 Å². The minimum atomic E-state index is -0.852. The number of methoxy groups -OCH3 is 5. The molecule has 3 aromatic carbocycles. The van der Waals surface area contributed by atoms with Gasteiger partial charge in [-0.2, -0.15) is 0 Å². The second-order valence-corrected chi connectivity index (χ2v) is 29.1. The van der Waals surface area contributed by atoms with Crippen molar-refractivity contribution in [2.45, 2.75) is 134 Å². The van der Waals surface area contributed by atoms with Gasteiger partial charge in [-0.3, -0.25) is 19.7 Å². The molecule has 0 unspecified atom stereocenters. The number of carboxylic acid groups (broad SMARTS) is 1. The van der Waals surface area contributed by atoms with Gasteiger partial charge in [-0.25, -0.2) is 24.5 Å². The normalized spacial score (nSPS) is 13.6. The Morgan fingerprint density at radius 2 is 0.820 bits per heavy atom. The van der Waals surface area contributed by atoms with Crippen LogP contribution < -0.4 is 32.3 Å². The number of aromatic nitrogens is 6. The van der Waals surface area contributed by atoms with Gasteiger partial charge in [-0.05, 0) is 206 Å². The highest BCUT2D eigenvalue weighted by atomic mass is 79.9. The lowest BCUT2D eigenvalue weighted by atomic mass is 10.1. The summed E-state index contributed by atoms with van der Waals surface area (Å²) in [7, 11) is 7.93. The molecule has 0 radical (unpaired) electrons. The minimum absolute atomic E-state index is 0.264. The number of hydrogen-bond donors (Lipinski definition) is 7. The lowest BCUT2D eigenvalue weighted by Crippen LogP contribution is -2.37. The van der Waals surface area contributed by atoms with Crippen molar-refractivity contribution in [2.24, 2.45) is 5.73 Å². The molecule has 3 aliphatic rings. The molecule has 9 heterocycles. The number of anilines is 5. The Kier molecular flexibility index (Phi) is 37.2. The number of fused-ring (bicyclic) bond motifs is 6. The van der Waals surface area contributed by atoms with Crippen molar-refractivity contribution >= 4 is 95.4 Å². The molecule has 24 nitrogen and oxygen atoms in total. The second kappa shape index (κ2) is 48.0. The maximum absolute atomic E-state index is 12.6. The smallest absolute Gasteiger partial charge is 0.328 e. The molecule has 3 aliphatic heterocycles. The topological polar surface area (TPSA) is 291 Å². The molecule has 111 heavy (non-hydrogen) atoms. The quantitative estimate of drug-likeness (QED) is 0.0139. The van der Waals surface area contributed by atoms with E-state index in [0.717, 1.165) is 232 Å². The number of ether oxygens (including phenoxy) is 5. The highest BCUT2D eigenvalue weighted by Gasteiger charge is 2.24. The van der Waals surface area contributed by atoms with Crippen LogP contribution in [-0.2, 0) is 76.6 Å². The third kappa shape index (κ3) is 28.6. The van der Waals surface area contributed by atoms with Crippen molar-refractivity contribution in [3.8, 4) is 0 Å². The molecule has 596 valence electrons. The first-order chi connectivity index (χ1) is 54.3. The molecule has 8 N–H and O–H groups in total. The van der Waals surface area contributed by atoms with Crippen LogP contribution in [0, 0.1) is 0 Å². The van der Waals surface area contributed by atoms with Crippen LogP contribution in [0.3, 0.4) is 0 Å². The molecule has 0 aliphatic carbocycles. The predicted octanol–water partition coefficient (Wildman–Crippen LogP) is 13.1. The first-order valence-electron chi connectivity index (χ1n) is 39.5. The fourth-order valence-corrected chi connectivity index (χ4v) is 14.3. The number of carboxylic acids is 1. The average molecular weight is 1580 g/mol. The Balaban J connectivity index is 0.000000180. The van der Waals surface area contributed by atoms with Crippen molar-refractivity contribution < 1.29 is 43.2 Å². The average Bonchev–Trinajstić information content (AvgIpc) is 0.871. The summed E-state index contributed by atoms with van der Waals surface area (Å²) in [5.74, 6) is 1.71. The summed E-state index contributed by atoms with van der Waals surface area (Å²) in [5, 5.41) is 29.8. The van der Waals surface area contributed by atoms with E-state index in [1.165, 1.54) is 50.2 Å². The maximum atomic E-state index is 12.6. The van der Waals surface area contributed by atoms with Crippen LogP contribution in [0.2, 0.25) is 0 Å². The summed E-state index contributed by atoms with van der Waals surface area (Å²) in [6.07, 6.45) is 23.1. The van der Waals surface area contributed by atoms with Gasteiger partial charge in [0.15, 0.2) is 0 Å². The van der Waals surface area contributed by atoms with Gasteiger partial charge in [-0.1, -0.05) is 88.7 Å². The second-order valence-electron chi connectivity index (χ2n) is 28.2. The number of nitrogens with one attached hydrogen (secondary N) is 5. The predicted molar refractivity (Wildman–Crippen MR) is 448 cm³/mol. The zero-order valence-corrected chi connectivity index (χ0v) is 67.2. The van der Waals surface area contributed by atoms with Gasteiger partial charge in [0, 0.05) is 148 Å². The number of carbonyl (C=O) groups excluding carboxylic acids is 2. The first-order valence-corrected chi connectivity index (χ1v) is 40.3. The Hall–Kier alpha value is -9.05. The van der Waals surface area contributed by atoms with E-state index in [9.17, 15) is 19.5 Å². The number of esters is 2. The van der Waals surface area contributed by atoms with Crippen molar-refractivity contribution in [3.63, 3.8) is 0 Å². The first kappa shape index (κ1) is 85.9. The van der Waals surface area contributed by atoms with E-state index in [0.29, 0.717) is 45.6 Å². The van der Waals surface area contributed by atoms with Crippen LogP contribution in [-0.4, -0.2) is 220 Å². The molecule has 0 bridgehead atoms. The molecule has 6 aromatic heterocycles. The number of carbonyl (C=O) groups is 3. The fraction of sp³-hybridized carbons (Fsp3) is 0.477. The van der Waals surface area contributed by atoms with E-state index in [-0.39, 0.29) is 11.9 Å². The van der Waals surface area contributed by atoms with E-state index < -0.39 is 24.1 Å². The number of nitrogens with two attached hydrogens (primary N) is 1. The number of halogens is 1. The molecule has 0 spiro atoms. The van der Waals surface area contributed by atoms with Gasteiger partial charge in [-0.15, -0.1) is 0 Å². The van der Waals surface area contributed by atoms with Gasteiger partial charge in [0.1, 0.15) is 35.6 Å². The Morgan fingerprint density at radius 1 is 0.450 bits per heavy atom. The highest BCUT2D eigenvalue weighted by molar-refractivity contribution is 9.10. The third-order valence-corrected chi connectivity index (χ3v) is 20.9. The van der Waals surface area contributed by atoms with Crippen LogP contribution in [0.1, 0.15) is 111 Å². The maximum Gasteiger partial charge on any atom is 0.328 e. The van der Waals surface area contributed by atoms with Gasteiger partial charge < -0.3 is 75.8 Å². The number of pyridine rings is 6. The number of nitrogens with zero attached hydrogens (tertiary/aromatic N) is 9. The van der Waals surface area contributed by atoms with E-state index >= 15 is 0 Å². The van der Waals surface area contributed by atoms with Crippen molar-refractivity contribution in [1.29, 1.82) is 0 Å². The fourth-order valence-electron chi connectivity index (χ4n) is 13.9. The SMILES string of the molecule is Brc1ccnc2ccccc12.COCCN(CCCCc1ccc2c(n1)NCCC2)CC[C@H](N)C(=O)OC.COCCN(CCCCc1ccc2c(n1)NCCC2)CC[C@H](Nc1ccnc2ccccc12)C(=O)O.COCCN(CCCCc1ccc2c(n1)NCCC2)CC[C@H](Nc1ccnc2ccccc12)C(=O)OC. The number of rotatable bonds is 40. The number of para-hydroxylation sites is 3. The third-order valence-electron chi connectivity index (χ3n) is 20.2. The van der Waals surface area contributed by atoms with E-state index in [1.54, 1.807) is 39.9 Å². The highest BCUT2D eigenvalue weighted by Crippen LogP contribution is 2.28. The summed E-state index contributed by atoms with van der Waals surface area (Å²) in [4.78, 5) is 70.5. The number of aryl methyl sites for hydroxylation is 6. The molecule has 0 amide bonds. The monoisotopic (exact) mass is 1580 g/mol. The van der Waals surface area contributed by atoms with Gasteiger partial charge >= 0.3 is 17.9 Å². The van der Waals surface area contributed by atoms with Gasteiger partial charge in [0.25, 0.3) is 0 Å². The Bertz CT molecular complexity index is 4280. The van der Waals surface area contributed by atoms with Crippen LogP contribution in [0.15, 0.2) is 150 Å². The van der Waals surface area contributed by atoms with Crippen molar-refractivity contribution in [3.05, 3.63) is 184 Å². The van der Waals surface area contributed by atoms with Gasteiger partial charge in [0.2, 0.25) is 0 Å². The van der Waals surface area contributed by atoms with Crippen LogP contribution in [0.25, 0.3) is 32.7 Å². The van der Waals surface area contributed by atoms with E-state index in [1.807, 2.05) is 91.0 Å². The Labute approximate surface area is 663 Å². The number of aliphatic carboxylic acids is 1. The molecule has 9 aromatic rings. The summed E-state index contributed by atoms with van der Waals surface area (Å²) in [6, 6.07) is 40.8. The molecule has 25 heteroatoms. The molecule has 12 rings (SSSR count). The molecular weight excluding hydrogens is 1470 g/mol. The number of hydrogen-bond acceptors (Lipinski definition) is 23. The summed E-state index contributed by atoms with van der Waals surface area (Å²) in [6.45, 7) is 12.4. The zero-order valence-electron chi connectivity index (χ0n) is 65.6. The molecule has 0 saturated heterocycles. The molecular formula is C86H116BrN15O9. The molecule has 0 fully saturated rings. The van der Waals surface area contributed by atoms with Crippen molar-refractivity contribution in [2.75, 3.05) is 160 Å². The van der Waals surface area contributed by atoms with Crippen LogP contribution in [0.4, 0.5) is 28.8 Å².